The molecular formula is C13H19N3O2S. The van der Waals surface area contributed by atoms with Crippen LogP contribution in [0.4, 0.5) is 0 Å². The number of carbonyl (C=O) groups is 1. The average Bonchev–Trinajstić information content (AvgIpc) is 3.02. The number of aliphatic carboxylic acids is 1. The molecule has 19 heavy (non-hydrogen) atoms. The van der Waals surface area contributed by atoms with Crippen molar-refractivity contribution in [1.29, 1.82) is 0 Å². The molecule has 0 amide bonds. The molecule has 1 aromatic rings. The zero-order valence-electron chi connectivity index (χ0n) is 11.1. The van der Waals surface area contributed by atoms with Crippen LogP contribution >= 0.6 is 11.8 Å². The summed E-state index contributed by atoms with van der Waals surface area (Å²) in [6.07, 6.45) is 6.49. The molecule has 0 spiro atoms. The molecule has 0 aliphatic heterocycles. The third-order valence-corrected chi connectivity index (χ3v) is 5.43. The maximum absolute atomic E-state index is 10.6. The van der Waals surface area contributed by atoms with Crippen molar-refractivity contribution in [3.05, 3.63) is 5.82 Å². The van der Waals surface area contributed by atoms with Crippen LogP contribution in [0.25, 0.3) is 0 Å². The quantitative estimate of drug-likeness (QED) is 0.836. The van der Waals surface area contributed by atoms with E-state index in [1.165, 1.54) is 37.4 Å². The summed E-state index contributed by atoms with van der Waals surface area (Å²) in [6, 6.07) is 0. The van der Waals surface area contributed by atoms with Crippen molar-refractivity contribution in [2.24, 2.45) is 24.8 Å². The monoisotopic (exact) mass is 281 g/mol. The van der Waals surface area contributed by atoms with Crippen molar-refractivity contribution in [2.75, 3.05) is 5.75 Å². The van der Waals surface area contributed by atoms with Gasteiger partial charge < -0.3 is 5.11 Å². The molecule has 2 aliphatic carbocycles. The van der Waals surface area contributed by atoms with Crippen molar-refractivity contribution in [3.63, 3.8) is 0 Å². The van der Waals surface area contributed by atoms with Crippen molar-refractivity contribution in [1.82, 2.24) is 14.8 Å². The molecule has 104 valence electrons. The van der Waals surface area contributed by atoms with Gasteiger partial charge in [-0.3, -0.25) is 4.79 Å². The fraction of sp³-hybridized carbons (Fsp3) is 0.769. The zero-order valence-corrected chi connectivity index (χ0v) is 11.9. The largest absolute Gasteiger partial charge is 0.481 e. The Balaban J connectivity index is 1.62. The Morgan fingerprint density at radius 2 is 2.32 bits per heavy atom. The number of thioether (sulfide) groups is 1. The number of hydrogen-bond donors (Lipinski definition) is 1. The molecule has 5 nitrogen and oxygen atoms in total. The topological polar surface area (TPSA) is 68.0 Å². The van der Waals surface area contributed by atoms with Crippen molar-refractivity contribution >= 4 is 17.7 Å². The van der Waals surface area contributed by atoms with E-state index in [-0.39, 0.29) is 5.75 Å². The molecule has 3 atom stereocenters. The van der Waals surface area contributed by atoms with E-state index in [9.17, 15) is 4.79 Å². The Hall–Kier alpha value is -1.04. The molecule has 0 radical (unpaired) electrons. The number of rotatable bonds is 5. The van der Waals surface area contributed by atoms with E-state index >= 15 is 0 Å². The van der Waals surface area contributed by atoms with Crippen LogP contribution in [0.3, 0.4) is 0 Å². The number of aryl methyl sites for hydroxylation is 1. The van der Waals surface area contributed by atoms with Gasteiger partial charge in [-0.05, 0) is 37.0 Å². The predicted molar refractivity (Wildman–Crippen MR) is 72.0 cm³/mol. The van der Waals surface area contributed by atoms with Gasteiger partial charge in [0, 0.05) is 13.5 Å². The fourth-order valence-corrected chi connectivity index (χ4v) is 4.27. The fourth-order valence-electron chi connectivity index (χ4n) is 3.62. The lowest BCUT2D eigenvalue weighted by Crippen LogP contribution is -2.14. The normalized spacial score (nSPS) is 29.0. The molecule has 3 rings (SSSR count). The molecule has 1 aromatic heterocycles. The van der Waals surface area contributed by atoms with Crippen LogP contribution in [0.2, 0.25) is 0 Å². The summed E-state index contributed by atoms with van der Waals surface area (Å²) >= 11 is 1.24. The standard InChI is InChI=1S/C13H19N3O2S/c1-16-13(19-7-12(17)18)14-11(15-16)6-10-5-8-2-3-9(10)4-8/h8-10H,2-7H2,1H3,(H,17,18). The number of hydrogen-bond acceptors (Lipinski definition) is 4. The number of aromatic nitrogens is 3. The minimum atomic E-state index is -0.817. The second-order valence-electron chi connectivity index (χ2n) is 5.76. The van der Waals surface area contributed by atoms with Crippen LogP contribution in [0, 0.1) is 17.8 Å². The molecule has 0 aromatic carbocycles. The highest BCUT2D eigenvalue weighted by Gasteiger charge is 2.39. The Bertz CT molecular complexity index is 488. The Kier molecular flexibility index (Phi) is 3.52. The minimum Gasteiger partial charge on any atom is -0.481 e. The van der Waals surface area contributed by atoms with E-state index in [0.29, 0.717) is 5.16 Å². The van der Waals surface area contributed by atoms with E-state index in [1.807, 2.05) is 7.05 Å². The average molecular weight is 281 g/mol. The lowest BCUT2D eigenvalue weighted by molar-refractivity contribution is -0.133. The molecule has 2 aliphatic rings. The van der Waals surface area contributed by atoms with Gasteiger partial charge in [-0.25, -0.2) is 9.67 Å². The van der Waals surface area contributed by atoms with Gasteiger partial charge in [-0.2, -0.15) is 5.10 Å². The number of carboxylic acid groups (broad SMARTS) is 1. The Morgan fingerprint density at radius 3 is 2.95 bits per heavy atom. The Morgan fingerprint density at radius 1 is 1.47 bits per heavy atom. The highest BCUT2D eigenvalue weighted by atomic mass is 32.2. The molecule has 2 saturated carbocycles. The predicted octanol–water partition coefficient (Wildman–Crippen LogP) is 1.97. The molecular weight excluding hydrogens is 262 g/mol. The molecule has 3 unspecified atom stereocenters. The SMILES string of the molecule is Cn1nc(CC2CC3CCC2C3)nc1SCC(=O)O. The maximum Gasteiger partial charge on any atom is 0.313 e. The first-order valence-corrected chi connectivity index (χ1v) is 7.85. The second kappa shape index (κ2) is 5.15. The van der Waals surface area contributed by atoms with Gasteiger partial charge in [0.05, 0.1) is 5.75 Å². The third-order valence-electron chi connectivity index (χ3n) is 4.42. The summed E-state index contributed by atoms with van der Waals surface area (Å²) in [6.45, 7) is 0. The second-order valence-corrected chi connectivity index (χ2v) is 6.70. The summed E-state index contributed by atoms with van der Waals surface area (Å²) in [5.41, 5.74) is 0. The first-order valence-electron chi connectivity index (χ1n) is 6.86. The van der Waals surface area contributed by atoms with E-state index in [4.69, 9.17) is 5.11 Å². The first-order chi connectivity index (χ1) is 9.11. The third kappa shape index (κ3) is 2.78. The van der Waals surface area contributed by atoms with Gasteiger partial charge >= 0.3 is 5.97 Å². The zero-order chi connectivity index (χ0) is 13.4. The summed E-state index contributed by atoms with van der Waals surface area (Å²) in [7, 11) is 1.83. The van der Waals surface area contributed by atoms with E-state index in [2.05, 4.69) is 10.1 Å². The first kappa shape index (κ1) is 13.0. The highest BCUT2D eigenvalue weighted by Crippen LogP contribution is 2.49. The smallest absolute Gasteiger partial charge is 0.313 e. The van der Waals surface area contributed by atoms with Crippen LogP contribution in [-0.4, -0.2) is 31.6 Å². The van der Waals surface area contributed by atoms with Crippen molar-refractivity contribution < 1.29 is 9.90 Å². The van der Waals surface area contributed by atoms with Gasteiger partial charge in [-0.15, -0.1) is 0 Å². The number of nitrogens with zero attached hydrogens (tertiary/aromatic N) is 3. The summed E-state index contributed by atoms with van der Waals surface area (Å²) in [4.78, 5) is 15.1. The number of carboxylic acids is 1. The van der Waals surface area contributed by atoms with Gasteiger partial charge in [0.25, 0.3) is 0 Å². The van der Waals surface area contributed by atoms with E-state index in [1.54, 1.807) is 4.68 Å². The van der Waals surface area contributed by atoms with Gasteiger partial charge in [0.15, 0.2) is 11.0 Å². The summed E-state index contributed by atoms with van der Waals surface area (Å²) in [5, 5.41) is 13.8. The highest BCUT2D eigenvalue weighted by molar-refractivity contribution is 7.99. The van der Waals surface area contributed by atoms with Crippen molar-refractivity contribution in [2.45, 2.75) is 37.3 Å². The van der Waals surface area contributed by atoms with Crippen LogP contribution in [0.15, 0.2) is 5.16 Å². The van der Waals surface area contributed by atoms with Crippen LogP contribution < -0.4 is 0 Å². The molecule has 6 heteroatoms. The lowest BCUT2D eigenvalue weighted by Gasteiger charge is -2.19. The van der Waals surface area contributed by atoms with E-state index < -0.39 is 5.97 Å². The van der Waals surface area contributed by atoms with Gasteiger partial charge in [0.2, 0.25) is 0 Å². The lowest BCUT2D eigenvalue weighted by atomic mass is 9.86. The summed E-state index contributed by atoms with van der Waals surface area (Å²) in [5.74, 6) is 2.68. The molecule has 1 heterocycles. The summed E-state index contributed by atoms with van der Waals surface area (Å²) < 4.78 is 1.70. The molecule has 2 fully saturated rings. The maximum atomic E-state index is 10.6. The Labute approximate surface area is 116 Å². The van der Waals surface area contributed by atoms with Crippen LogP contribution in [0.1, 0.15) is 31.5 Å². The van der Waals surface area contributed by atoms with Crippen LogP contribution in [-0.2, 0) is 18.3 Å². The van der Waals surface area contributed by atoms with Crippen LogP contribution in [0.5, 0.6) is 0 Å². The van der Waals surface area contributed by atoms with Gasteiger partial charge in [-0.1, -0.05) is 18.2 Å². The molecule has 1 N–H and O–H groups in total. The molecule has 0 saturated heterocycles. The van der Waals surface area contributed by atoms with Gasteiger partial charge in [0.1, 0.15) is 0 Å². The minimum absolute atomic E-state index is 0.0418. The van der Waals surface area contributed by atoms with E-state index in [0.717, 1.165) is 30.0 Å². The molecule has 2 bridgehead atoms. The number of fused-ring (bicyclic) bond motifs is 2. The van der Waals surface area contributed by atoms with Crippen molar-refractivity contribution in [3.8, 4) is 0 Å².